The molecule has 0 amide bonds. The molecule has 1 aromatic heterocycles. The van der Waals surface area contributed by atoms with Crippen molar-refractivity contribution in [2.45, 2.75) is 19.9 Å². The van der Waals surface area contributed by atoms with Gasteiger partial charge < -0.3 is 10.6 Å². The molecular weight excluding hydrogens is 236 g/mol. The van der Waals surface area contributed by atoms with Crippen LogP contribution in [0.1, 0.15) is 25.5 Å². The van der Waals surface area contributed by atoms with Gasteiger partial charge >= 0.3 is 0 Å². The van der Waals surface area contributed by atoms with Gasteiger partial charge in [0.1, 0.15) is 0 Å². The van der Waals surface area contributed by atoms with E-state index < -0.39 is 0 Å². The molecule has 0 aromatic carbocycles. The number of likely N-dealkylation sites (N-methyl/N-ethyl adjacent to an activating group) is 1. The molecule has 1 aromatic rings. The van der Waals surface area contributed by atoms with Gasteiger partial charge in [0.25, 0.3) is 0 Å². The molecule has 1 rings (SSSR count). The summed E-state index contributed by atoms with van der Waals surface area (Å²) in [4.78, 5) is 8.90. The minimum Gasteiger partial charge on any atom is -0.329 e. The second kappa shape index (κ2) is 8.25. The summed E-state index contributed by atoms with van der Waals surface area (Å²) in [5.74, 6) is 0.632. The van der Waals surface area contributed by atoms with E-state index in [1.165, 1.54) is 5.56 Å². The van der Waals surface area contributed by atoms with Gasteiger partial charge in [-0.3, -0.25) is 9.88 Å². The van der Waals surface area contributed by atoms with Crippen LogP contribution in [-0.4, -0.2) is 55.1 Å². The highest BCUT2D eigenvalue weighted by Gasteiger charge is 2.20. The lowest BCUT2D eigenvalue weighted by Gasteiger charge is -2.33. The largest absolute Gasteiger partial charge is 0.329 e. The Kier molecular flexibility index (Phi) is 6.99. The first kappa shape index (κ1) is 16.1. The highest BCUT2D eigenvalue weighted by Crippen LogP contribution is 2.19. The van der Waals surface area contributed by atoms with Gasteiger partial charge in [-0.1, -0.05) is 19.9 Å². The number of pyridine rings is 1. The van der Waals surface area contributed by atoms with Crippen molar-refractivity contribution >= 4 is 0 Å². The fourth-order valence-electron chi connectivity index (χ4n) is 2.24. The molecule has 0 aliphatic rings. The van der Waals surface area contributed by atoms with Gasteiger partial charge in [0, 0.05) is 44.6 Å². The predicted molar refractivity (Wildman–Crippen MR) is 81.0 cm³/mol. The highest BCUT2D eigenvalue weighted by molar-refractivity contribution is 5.14. The number of hydrogen-bond donors (Lipinski definition) is 1. The average Bonchev–Trinajstić information content (AvgIpc) is 2.37. The van der Waals surface area contributed by atoms with Crippen molar-refractivity contribution in [3.05, 3.63) is 30.1 Å². The molecule has 4 heteroatoms. The zero-order valence-electron chi connectivity index (χ0n) is 12.7. The summed E-state index contributed by atoms with van der Waals surface area (Å²) in [6, 6.07) is 4.36. The van der Waals surface area contributed by atoms with E-state index in [1.54, 1.807) is 0 Å². The minimum absolute atomic E-state index is 0.260. The summed E-state index contributed by atoms with van der Waals surface area (Å²) in [5.41, 5.74) is 7.22. The SMILES string of the molecule is CC(C)CN(CCN(C)C)C(CN)c1cccnc1. The van der Waals surface area contributed by atoms with Crippen LogP contribution >= 0.6 is 0 Å². The van der Waals surface area contributed by atoms with Crippen molar-refractivity contribution in [2.75, 3.05) is 40.3 Å². The molecule has 1 unspecified atom stereocenters. The van der Waals surface area contributed by atoms with Crippen molar-refractivity contribution < 1.29 is 0 Å². The molecule has 0 spiro atoms. The Morgan fingerprint density at radius 2 is 2.00 bits per heavy atom. The van der Waals surface area contributed by atoms with Crippen molar-refractivity contribution in [1.29, 1.82) is 0 Å². The summed E-state index contributed by atoms with van der Waals surface area (Å²) in [6.45, 7) is 8.26. The van der Waals surface area contributed by atoms with Crippen LogP contribution in [0, 0.1) is 5.92 Å². The number of nitrogens with zero attached hydrogens (tertiary/aromatic N) is 3. The van der Waals surface area contributed by atoms with Crippen LogP contribution in [0.25, 0.3) is 0 Å². The van der Waals surface area contributed by atoms with E-state index in [4.69, 9.17) is 5.73 Å². The van der Waals surface area contributed by atoms with Gasteiger partial charge in [-0.2, -0.15) is 0 Å². The summed E-state index contributed by atoms with van der Waals surface area (Å²) in [5, 5.41) is 0. The van der Waals surface area contributed by atoms with Gasteiger partial charge in [-0.05, 0) is 31.6 Å². The van der Waals surface area contributed by atoms with E-state index in [0.717, 1.165) is 19.6 Å². The van der Waals surface area contributed by atoms with Crippen LogP contribution in [0.5, 0.6) is 0 Å². The maximum Gasteiger partial charge on any atom is 0.0486 e. The average molecular weight is 264 g/mol. The molecule has 0 saturated heterocycles. The smallest absolute Gasteiger partial charge is 0.0486 e. The molecule has 0 saturated carbocycles. The molecule has 0 radical (unpaired) electrons. The van der Waals surface area contributed by atoms with E-state index >= 15 is 0 Å². The fraction of sp³-hybridized carbons (Fsp3) is 0.667. The molecule has 4 nitrogen and oxygen atoms in total. The van der Waals surface area contributed by atoms with Crippen LogP contribution < -0.4 is 5.73 Å². The Morgan fingerprint density at radius 1 is 1.26 bits per heavy atom. The second-order valence-corrected chi connectivity index (χ2v) is 5.73. The molecule has 1 atom stereocenters. The summed E-state index contributed by atoms with van der Waals surface area (Å²) >= 11 is 0. The standard InChI is InChI=1S/C15H28N4/c1-13(2)12-19(9-8-18(3)4)15(10-16)14-6-5-7-17-11-14/h5-7,11,13,15H,8-10,12,16H2,1-4H3. The Labute approximate surface area is 117 Å². The Morgan fingerprint density at radius 3 is 2.47 bits per heavy atom. The maximum atomic E-state index is 6.00. The van der Waals surface area contributed by atoms with E-state index in [0.29, 0.717) is 12.5 Å². The second-order valence-electron chi connectivity index (χ2n) is 5.73. The van der Waals surface area contributed by atoms with Gasteiger partial charge in [-0.25, -0.2) is 0 Å². The summed E-state index contributed by atoms with van der Waals surface area (Å²) < 4.78 is 0. The number of nitrogens with two attached hydrogens (primary N) is 1. The van der Waals surface area contributed by atoms with Crippen LogP contribution in [0.15, 0.2) is 24.5 Å². The molecule has 0 bridgehead atoms. The van der Waals surface area contributed by atoms with Gasteiger partial charge in [0.15, 0.2) is 0 Å². The molecular formula is C15H28N4. The summed E-state index contributed by atoms with van der Waals surface area (Å²) in [7, 11) is 4.21. The van der Waals surface area contributed by atoms with Gasteiger partial charge in [0.2, 0.25) is 0 Å². The third-order valence-corrected chi connectivity index (χ3v) is 3.17. The highest BCUT2D eigenvalue weighted by atomic mass is 15.2. The lowest BCUT2D eigenvalue weighted by molar-refractivity contribution is 0.163. The van der Waals surface area contributed by atoms with Crippen LogP contribution in [0.4, 0.5) is 0 Å². The topological polar surface area (TPSA) is 45.4 Å². The van der Waals surface area contributed by atoms with E-state index in [9.17, 15) is 0 Å². The van der Waals surface area contributed by atoms with Crippen LogP contribution in [0.3, 0.4) is 0 Å². The minimum atomic E-state index is 0.260. The molecule has 0 fully saturated rings. The zero-order valence-corrected chi connectivity index (χ0v) is 12.7. The third-order valence-electron chi connectivity index (χ3n) is 3.17. The van der Waals surface area contributed by atoms with Gasteiger partial charge in [-0.15, -0.1) is 0 Å². The lowest BCUT2D eigenvalue weighted by Crippen LogP contribution is -2.40. The first-order valence-corrected chi connectivity index (χ1v) is 7.03. The zero-order chi connectivity index (χ0) is 14.3. The van der Waals surface area contributed by atoms with Crippen molar-refractivity contribution in [3.63, 3.8) is 0 Å². The number of aromatic nitrogens is 1. The van der Waals surface area contributed by atoms with E-state index in [-0.39, 0.29) is 6.04 Å². The first-order chi connectivity index (χ1) is 9.04. The monoisotopic (exact) mass is 264 g/mol. The molecule has 2 N–H and O–H groups in total. The van der Waals surface area contributed by atoms with Crippen molar-refractivity contribution in [3.8, 4) is 0 Å². The van der Waals surface area contributed by atoms with E-state index in [1.807, 2.05) is 18.5 Å². The van der Waals surface area contributed by atoms with Gasteiger partial charge in [0.05, 0.1) is 0 Å². The number of hydrogen-bond acceptors (Lipinski definition) is 4. The normalized spacial score (nSPS) is 13.5. The van der Waals surface area contributed by atoms with Crippen LogP contribution in [-0.2, 0) is 0 Å². The molecule has 1 heterocycles. The maximum absolute atomic E-state index is 6.00. The predicted octanol–water partition coefficient (Wildman–Crippen LogP) is 1.60. The molecule has 19 heavy (non-hydrogen) atoms. The molecule has 0 aliphatic heterocycles. The summed E-state index contributed by atoms with van der Waals surface area (Å²) in [6.07, 6.45) is 3.74. The quantitative estimate of drug-likeness (QED) is 0.775. The number of rotatable bonds is 8. The van der Waals surface area contributed by atoms with Crippen molar-refractivity contribution in [2.24, 2.45) is 11.7 Å². The van der Waals surface area contributed by atoms with E-state index in [2.05, 4.69) is 48.8 Å². The fourth-order valence-corrected chi connectivity index (χ4v) is 2.24. The van der Waals surface area contributed by atoms with Crippen LogP contribution in [0.2, 0.25) is 0 Å². The lowest BCUT2D eigenvalue weighted by atomic mass is 10.1. The molecule has 108 valence electrons. The van der Waals surface area contributed by atoms with Crippen molar-refractivity contribution in [1.82, 2.24) is 14.8 Å². The Hall–Kier alpha value is -0.970. The molecule has 0 aliphatic carbocycles. The third kappa shape index (κ3) is 5.68. The first-order valence-electron chi connectivity index (χ1n) is 7.03. The Balaban J connectivity index is 2.80. The Bertz CT molecular complexity index is 337.